The van der Waals surface area contributed by atoms with Crippen molar-refractivity contribution in [1.82, 2.24) is 10.6 Å². The molecule has 5 nitrogen and oxygen atoms in total. The molecule has 0 spiro atoms. The van der Waals surface area contributed by atoms with Gasteiger partial charge in [0.05, 0.1) is 5.92 Å². The predicted molar refractivity (Wildman–Crippen MR) is 76.6 cm³/mol. The van der Waals surface area contributed by atoms with Crippen LogP contribution < -0.4 is 16.0 Å². The average Bonchev–Trinajstić information content (AvgIpc) is 2.38. The lowest BCUT2D eigenvalue weighted by atomic mass is 9.90. The average molecular weight is 284 g/mol. The first-order valence-electron chi connectivity index (χ1n) is 6.03. The van der Waals surface area contributed by atoms with Crippen molar-refractivity contribution in [1.29, 1.82) is 0 Å². The predicted octanol–water partition coefficient (Wildman–Crippen LogP) is 0.870. The lowest BCUT2D eigenvalue weighted by molar-refractivity contribution is -0.126. The molecule has 0 aliphatic carbocycles. The molecule has 1 aliphatic rings. The third kappa shape index (κ3) is 3.68. The van der Waals surface area contributed by atoms with Crippen molar-refractivity contribution in [3.63, 3.8) is 0 Å². The number of benzene rings is 1. The minimum atomic E-state index is -0.383. The Morgan fingerprint density at radius 1 is 1.37 bits per heavy atom. The van der Waals surface area contributed by atoms with Gasteiger partial charge in [0.25, 0.3) is 0 Å². The van der Waals surface area contributed by atoms with Gasteiger partial charge in [-0.1, -0.05) is 18.2 Å². The molecular weight excluding hydrogens is 266 g/mol. The first kappa shape index (κ1) is 15.5. The largest absolute Gasteiger partial charge is 0.354 e. The minimum Gasteiger partial charge on any atom is -0.354 e. The molecule has 0 fully saturated rings. The van der Waals surface area contributed by atoms with Crippen molar-refractivity contribution in [3.8, 4) is 0 Å². The van der Waals surface area contributed by atoms with Crippen molar-refractivity contribution in [2.75, 3.05) is 25.5 Å². The van der Waals surface area contributed by atoms with E-state index in [-0.39, 0.29) is 36.6 Å². The molecule has 0 saturated heterocycles. The van der Waals surface area contributed by atoms with Crippen LogP contribution in [0.3, 0.4) is 0 Å². The molecule has 1 aromatic carbocycles. The van der Waals surface area contributed by atoms with E-state index in [9.17, 15) is 9.59 Å². The lowest BCUT2D eigenvalue weighted by Gasteiger charge is -2.24. The number of hydrogen-bond donors (Lipinski definition) is 3. The third-order valence-electron chi connectivity index (χ3n) is 2.99. The van der Waals surface area contributed by atoms with Crippen molar-refractivity contribution in [2.24, 2.45) is 0 Å². The Morgan fingerprint density at radius 2 is 2.11 bits per heavy atom. The fraction of sp³-hybridized carbons (Fsp3) is 0.385. The van der Waals surface area contributed by atoms with E-state index in [1.165, 1.54) is 0 Å². The maximum absolute atomic E-state index is 12.1. The summed E-state index contributed by atoms with van der Waals surface area (Å²) in [7, 11) is 1.83. The Labute approximate surface area is 118 Å². The number of rotatable bonds is 4. The van der Waals surface area contributed by atoms with E-state index in [1.54, 1.807) is 0 Å². The second-order valence-electron chi connectivity index (χ2n) is 4.29. The summed E-state index contributed by atoms with van der Waals surface area (Å²) in [6.45, 7) is 1.28. The SMILES string of the molecule is CNCCNC(=O)C1CC(=O)Nc2ccccc21.Cl. The summed E-state index contributed by atoms with van der Waals surface area (Å²) in [6, 6.07) is 7.43. The number of carbonyl (C=O) groups excluding carboxylic acids is 2. The molecule has 1 atom stereocenters. The molecule has 1 aromatic rings. The van der Waals surface area contributed by atoms with E-state index in [2.05, 4.69) is 16.0 Å². The normalized spacial score (nSPS) is 16.9. The van der Waals surface area contributed by atoms with Gasteiger partial charge < -0.3 is 16.0 Å². The van der Waals surface area contributed by atoms with Gasteiger partial charge >= 0.3 is 0 Å². The lowest BCUT2D eigenvalue weighted by Crippen LogP contribution is -2.37. The van der Waals surface area contributed by atoms with Crippen LogP contribution in [0.2, 0.25) is 0 Å². The number of hydrogen-bond acceptors (Lipinski definition) is 3. The Morgan fingerprint density at radius 3 is 2.84 bits per heavy atom. The number of halogens is 1. The van der Waals surface area contributed by atoms with Crippen molar-refractivity contribution in [3.05, 3.63) is 29.8 Å². The number of amides is 2. The topological polar surface area (TPSA) is 70.2 Å². The van der Waals surface area contributed by atoms with Crippen molar-refractivity contribution >= 4 is 29.9 Å². The summed E-state index contributed by atoms with van der Waals surface area (Å²) in [5.41, 5.74) is 1.63. The summed E-state index contributed by atoms with van der Waals surface area (Å²) in [5.74, 6) is -0.582. The van der Waals surface area contributed by atoms with Crippen LogP contribution in [-0.4, -0.2) is 32.0 Å². The molecular formula is C13H18ClN3O2. The van der Waals surface area contributed by atoms with Crippen LogP contribution in [0.4, 0.5) is 5.69 Å². The van der Waals surface area contributed by atoms with E-state index in [0.717, 1.165) is 11.3 Å². The first-order chi connectivity index (χ1) is 8.72. The third-order valence-corrected chi connectivity index (χ3v) is 2.99. The highest BCUT2D eigenvalue weighted by molar-refractivity contribution is 6.01. The molecule has 1 unspecified atom stereocenters. The van der Waals surface area contributed by atoms with Crippen LogP contribution in [0, 0.1) is 0 Å². The molecule has 19 heavy (non-hydrogen) atoms. The van der Waals surface area contributed by atoms with Gasteiger partial charge in [0.1, 0.15) is 0 Å². The highest BCUT2D eigenvalue weighted by Gasteiger charge is 2.29. The first-order valence-corrected chi connectivity index (χ1v) is 6.03. The standard InChI is InChI=1S/C13H17N3O2.ClH/c1-14-6-7-15-13(18)10-8-12(17)16-11-5-3-2-4-9(10)11;/h2-5,10,14H,6-8H2,1H3,(H,15,18)(H,16,17);1H. The number of para-hydroxylation sites is 1. The van der Waals surface area contributed by atoms with E-state index in [4.69, 9.17) is 0 Å². The summed E-state index contributed by atoms with van der Waals surface area (Å²) in [4.78, 5) is 23.6. The molecule has 3 N–H and O–H groups in total. The van der Waals surface area contributed by atoms with Crippen LogP contribution in [0.1, 0.15) is 17.9 Å². The van der Waals surface area contributed by atoms with Gasteiger partial charge in [0, 0.05) is 25.2 Å². The van der Waals surface area contributed by atoms with Gasteiger partial charge in [-0.05, 0) is 18.7 Å². The molecule has 104 valence electrons. The highest BCUT2D eigenvalue weighted by atomic mass is 35.5. The second-order valence-corrected chi connectivity index (χ2v) is 4.29. The maximum atomic E-state index is 12.1. The number of nitrogens with one attached hydrogen (secondary N) is 3. The molecule has 2 amide bonds. The Balaban J connectivity index is 0.00000180. The minimum absolute atomic E-state index is 0. The van der Waals surface area contributed by atoms with Crippen LogP contribution in [-0.2, 0) is 9.59 Å². The molecule has 1 heterocycles. The summed E-state index contributed by atoms with van der Waals surface area (Å²) >= 11 is 0. The zero-order chi connectivity index (χ0) is 13.0. The van der Waals surface area contributed by atoms with Gasteiger partial charge in [-0.25, -0.2) is 0 Å². The number of carbonyl (C=O) groups is 2. The van der Waals surface area contributed by atoms with Gasteiger partial charge in [-0.15, -0.1) is 12.4 Å². The van der Waals surface area contributed by atoms with E-state index >= 15 is 0 Å². The Hall–Kier alpha value is -1.59. The smallest absolute Gasteiger partial charge is 0.228 e. The summed E-state index contributed by atoms with van der Waals surface area (Å²) < 4.78 is 0. The highest BCUT2D eigenvalue weighted by Crippen LogP contribution is 2.31. The Kier molecular flexibility index (Phi) is 5.79. The number of anilines is 1. The monoisotopic (exact) mass is 283 g/mol. The molecule has 1 aliphatic heterocycles. The van der Waals surface area contributed by atoms with E-state index in [1.807, 2.05) is 31.3 Å². The van der Waals surface area contributed by atoms with E-state index < -0.39 is 0 Å². The van der Waals surface area contributed by atoms with Crippen LogP contribution in [0.25, 0.3) is 0 Å². The molecule has 0 saturated carbocycles. The summed E-state index contributed by atoms with van der Waals surface area (Å²) in [6.07, 6.45) is 0.211. The zero-order valence-electron chi connectivity index (χ0n) is 10.7. The summed E-state index contributed by atoms with van der Waals surface area (Å²) in [5, 5.41) is 8.57. The molecule has 0 aromatic heterocycles. The van der Waals surface area contributed by atoms with Gasteiger partial charge in [-0.2, -0.15) is 0 Å². The fourth-order valence-corrected chi connectivity index (χ4v) is 2.08. The fourth-order valence-electron chi connectivity index (χ4n) is 2.08. The van der Waals surface area contributed by atoms with E-state index in [0.29, 0.717) is 13.1 Å². The second kappa shape index (κ2) is 7.11. The maximum Gasteiger partial charge on any atom is 0.228 e. The van der Waals surface area contributed by atoms with Crippen LogP contribution in [0.15, 0.2) is 24.3 Å². The molecule has 2 rings (SSSR count). The van der Waals surface area contributed by atoms with Crippen LogP contribution in [0.5, 0.6) is 0 Å². The molecule has 0 radical (unpaired) electrons. The quantitative estimate of drug-likeness (QED) is 0.718. The molecule has 0 bridgehead atoms. The van der Waals surface area contributed by atoms with Gasteiger partial charge in [0.2, 0.25) is 11.8 Å². The Bertz CT molecular complexity index is 465. The van der Waals surface area contributed by atoms with Gasteiger partial charge in [0.15, 0.2) is 0 Å². The van der Waals surface area contributed by atoms with Crippen molar-refractivity contribution < 1.29 is 9.59 Å². The zero-order valence-corrected chi connectivity index (χ0v) is 11.5. The van der Waals surface area contributed by atoms with Gasteiger partial charge in [-0.3, -0.25) is 9.59 Å². The van der Waals surface area contributed by atoms with Crippen molar-refractivity contribution in [2.45, 2.75) is 12.3 Å². The molecule has 6 heteroatoms. The number of likely N-dealkylation sites (N-methyl/N-ethyl adjacent to an activating group) is 1. The van der Waals surface area contributed by atoms with Crippen LogP contribution >= 0.6 is 12.4 Å². The number of fused-ring (bicyclic) bond motifs is 1.